The van der Waals surface area contributed by atoms with Crippen molar-refractivity contribution < 1.29 is 0 Å². The lowest BCUT2D eigenvalue weighted by Gasteiger charge is -2.31. The molecule has 0 aromatic carbocycles. The molecule has 1 saturated carbocycles. The first-order valence-electron chi connectivity index (χ1n) is 6.05. The van der Waals surface area contributed by atoms with Crippen molar-refractivity contribution in [3.63, 3.8) is 0 Å². The van der Waals surface area contributed by atoms with E-state index in [1.807, 2.05) is 12.3 Å². The monoisotopic (exact) mass is 238 g/mol. The number of nitrogens with one attached hydrogen (secondary N) is 1. The van der Waals surface area contributed by atoms with Crippen LogP contribution in [0.25, 0.3) is 0 Å². The zero-order valence-electron chi connectivity index (χ0n) is 9.75. The lowest BCUT2D eigenvalue weighted by atomic mass is 9.86. The van der Waals surface area contributed by atoms with E-state index in [4.69, 9.17) is 11.6 Å². The molecule has 1 N–H and O–H groups in total. The molecule has 1 aliphatic rings. The molecule has 0 radical (unpaired) electrons. The predicted octanol–water partition coefficient (Wildman–Crippen LogP) is 3.60. The van der Waals surface area contributed by atoms with Crippen LogP contribution in [-0.4, -0.2) is 16.9 Å². The van der Waals surface area contributed by atoms with Gasteiger partial charge in [-0.2, -0.15) is 0 Å². The Kier molecular flexibility index (Phi) is 4.05. The van der Waals surface area contributed by atoms with Crippen molar-refractivity contribution in [2.24, 2.45) is 5.92 Å². The molecule has 16 heavy (non-hydrogen) atoms. The molecule has 0 aliphatic heterocycles. The number of aryl methyl sites for hydroxylation is 1. The van der Waals surface area contributed by atoms with Gasteiger partial charge in [-0.25, -0.2) is 4.98 Å². The fourth-order valence-corrected chi connectivity index (χ4v) is 2.76. The van der Waals surface area contributed by atoms with Gasteiger partial charge in [0.25, 0.3) is 0 Å². The number of pyridine rings is 1. The second-order valence-electron chi connectivity index (χ2n) is 4.67. The molecule has 0 saturated heterocycles. The normalized spacial score (nSPS) is 25.4. The summed E-state index contributed by atoms with van der Waals surface area (Å²) in [6.07, 6.45) is 6.93. The van der Waals surface area contributed by atoms with Gasteiger partial charge in [-0.05, 0) is 43.4 Å². The Balaban J connectivity index is 2.02. The van der Waals surface area contributed by atoms with Gasteiger partial charge in [0, 0.05) is 18.1 Å². The second-order valence-corrected chi connectivity index (χ2v) is 4.98. The Morgan fingerprint density at radius 3 is 3.00 bits per heavy atom. The lowest BCUT2D eigenvalue weighted by molar-refractivity contribution is 0.352. The second kappa shape index (κ2) is 5.53. The quantitative estimate of drug-likeness (QED) is 0.814. The Morgan fingerprint density at radius 2 is 2.25 bits per heavy atom. The maximum atomic E-state index is 6.01. The molecule has 1 heterocycles. The summed E-state index contributed by atoms with van der Waals surface area (Å²) in [5.74, 6) is 2.34. The van der Waals surface area contributed by atoms with E-state index < -0.39 is 0 Å². The molecule has 2 atom stereocenters. The highest BCUT2D eigenvalue weighted by molar-refractivity contribution is 6.18. The number of aromatic nitrogens is 1. The third kappa shape index (κ3) is 2.88. The van der Waals surface area contributed by atoms with Crippen molar-refractivity contribution in [2.45, 2.75) is 38.6 Å². The van der Waals surface area contributed by atoms with E-state index >= 15 is 0 Å². The smallest absolute Gasteiger partial charge is 0.126 e. The third-order valence-corrected chi connectivity index (χ3v) is 3.75. The number of halogens is 1. The van der Waals surface area contributed by atoms with Crippen molar-refractivity contribution in [3.8, 4) is 0 Å². The van der Waals surface area contributed by atoms with E-state index in [0.717, 1.165) is 11.7 Å². The topological polar surface area (TPSA) is 24.9 Å². The van der Waals surface area contributed by atoms with Crippen LogP contribution < -0.4 is 5.32 Å². The van der Waals surface area contributed by atoms with Gasteiger partial charge in [0.2, 0.25) is 0 Å². The molecule has 1 aromatic heterocycles. The van der Waals surface area contributed by atoms with E-state index in [1.165, 1.54) is 31.2 Å². The van der Waals surface area contributed by atoms with Crippen LogP contribution in [0.15, 0.2) is 18.3 Å². The van der Waals surface area contributed by atoms with Crippen LogP contribution in [0, 0.1) is 12.8 Å². The molecule has 1 fully saturated rings. The minimum atomic E-state index is 0.501. The van der Waals surface area contributed by atoms with Gasteiger partial charge < -0.3 is 5.32 Å². The zero-order chi connectivity index (χ0) is 11.4. The Morgan fingerprint density at radius 1 is 1.44 bits per heavy atom. The number of anilines is 1. The molecule has 0 bridgehead atoms. The van der Waals surface area contributed by atoms with Gasteiger partial charge in [-0.1, -0.05) is 12.8 Å². The highest BCUT2D eigenvalue weighted by atomic mass is 35.5. The number of hydrogen-bond donors (Lipinski definition) is 1. The van der Waals surface area contributed by atoms with Gasteiger partial charge >= 0.3 is 0 Å². The zero-order valence-corrected chi connectivity index (χ0v) is 10.5. The molecule has 1 aliphatic carbocycles. The minimum absolute atomic E-state index is 0.501. The van der Waals surface area contributed by atoms with Crippen molar-refractivity contribution in [3.05, 3.63) is 23.9 Å². The Labute approximate surface area is 102 Å². The van der Waals surface area contributed by atoms with Crippen LogP contribution in [0.4, 0.5) is 5.82 Å². The molecule has 2 nitrogen and oxygen atoms in total. The summed E-state index contributed by atoms with van der Waals surface area (Å²) in [5.41, 5.74) is 1.25. The highest BCUT2D eigenvalue weighted by Crippen LogP contribution is 2.27. The maximum absolute atomic E-state index is 6.01. The van der Waals surface area contributed by atoms with Gasteiger partial charge in [0.15, 0.2) is 0 Å². The Bertz CT molecular complexity index is 340. The summed E-state index contributed by atoms with van der Waals surface area (Å²) < 4.78 is 0. The summed E-state index contributed by atoms with van der Waals surface area (Å²) in [7, 11) is 0. The van der Waals surface area contributed by atoms with E-state index in [2.05, 4.69) is 23.3 Å². The van der Waals surface area contributed by atoms with Crippen molar-refractivity contribution >= 4 is 17.4 Å². The first kappa shape index (κ1) is 11.7. The molecular weight excluding hydrogens is 220 g/mol. The average Bonchev–Trinajstić information content (AvgIpc) is 2.30. The maximum Gasteiger partial charge on any atom is 0.126 e. The lowest BCUT2D eigenvalue weighted by Crippen LogP contribution is -2.33. The SMILES string of the molecule is Cc1ccnc(NC2CCCCC2CCl)c1. The van der Waals surface area contributed by atoms with E-state index in [9.17, 15) is 0 Å². The number of alkyl halides is 1. The minimum Gasteiger partial charge on any atom is -0.367 e. The van der Waals surface area contributed by atoms with E-state index in [-0.39, 0.29) is 0 Å². The van der Waals surface area contributed by atoms with Crippen LogP contribution >= 0.6 is 11.6 Å². The molecular formula is C13H19ClN2. The average molecular weight is 239 g/mol. The molecule has 2 rings (SSSR count). The van der Waals surface area contributed by atoms with Gasteiger partial charge in [0.1, 0.15) is 5.82 Å². The first-order chi connectivity index (χ1) is 7.79. The molecule has 2 unspecified atom stereocenters. The molecule has 0 amide bonds. The van der Waals surface area contributed by atoms with Gasteiger partial charge in [-0.3, -0.25) is 0 Å². The van der Waals surface area contributed by atoms with Crippen LogP contribution in [0.3, 0.4) is 0 Å². The summed E-state index contributed by atoms with van der Waals surface area (Å²) in [4.78, 5) is 4.35. The molecule has 1 aromatic rings. The largest absolute Gasteiger partial charge is 0.367 e. The highest BCUT2D eigenvalue weighted by Gasteiger charge is 2.24. The fourth-order valence-electron chi connectivity index (χ4n) is 2.39. The van der Waals surface area contributed by atoms with Crippen molar-refractivity contribution in [1.29, 1.82) is 0 Å². The third-order valence-electron chi connectivity index (χ3n) is 3.36. The predicted molar refractivity (Wildman–Crippen MR) is 69.1 cm³/mol. The molecule has 3 heteroatoms. The van der Waals surface area contributed by atoms with E-state index in [0.29, 0.717) is 12.0 Å². The van der Waals surface area contributed by atoms with Gasteiger partial charge in [0.05, 0.1) is 0 Å². The summed E-state index contributed by atoms with van der Waals surface area (Å²) in [5, 5.41) is 3.53. The van der Waals surface area contributed by atoms with Crippen molar-refractivity contribution in [2.75, 3.05) is 11.2 Å². The van der Waals surface area contributed by atoms with Crippen LogP contribution in [0.2, 0.25) is 0 Å². The number of hydrogen-bond acceptors (Lipinski definition) is 2. The number of rotatable bonds is 3. The van der Waals surface area contributed by atoms with Crippen LogP contribution in [-0.2, 0) is 0 Å². The van der Waals surface area contributed by atoms with Crippen LogP contribution in [0.5, 0.6) is 0 Å². The number of nitrogens with zero attached hydrogens (tertiary/aromatic N) is 1. The van der Waals surface area contributed by atoms with Crippen LogP contribution in [0.1, 0.15) is 31.2 Å². The molecule has 0 spiro atoms. The molecule has 88 valence electrons. The van der Waals surface area contributed by atoms with Crippen molar-refractivity contribution in [1.82, 2.24) is 4.98 Å². The summed E-state index contributed by atoms with van der Waals surface area (Å²) in [6, 6.07) is 4.62. The summed E-state index contributed by atoms with van der Waals surface area (Å²) in [6.45, 7) is 2.09. The fraction of sp³-hybridized carbons (Fsp3) is 0.615. The summed E-state index contributed by atoms with van der Waals surface area (Å²) >= 11 is 6.01. The van der Waals surface area contributed by atoms with E-state index in [1.54, 1.807) is 0 Å². The Hall–Kier alpha value is -0.760. The standard InChI is InChI=1S/C13H19ClN2/c1-10-6-7-15-13(8-10)16-12-5-3-2-4-11(12)9-14/h6-8,11-12H,2-5,9H2,1H3,(H,15,16). The van der Waals surface area contributed by atoms with Gasteiger partial charge in [-0.15, -0.1) is 11.6 Å². The first-order valence-corrected chi connectivity index (χ1v) is 6.58.